The van der Waals surface area contributed by atoms with E-state index in [9.17, 15) is 4.79 Å². The Bertz CT molecular complexity index is 679. The van der Waals surface area contributed by atoms with Gasteiger partial charge >= 0.3 is 6.09 Å². The summed E-state index contributed by atoms with van der Waals surface area (Å²) in [6, 6.07) is 12.5. The fourth-order valence-electron chi connectivity index (χ4n) is 3.20. The van der Waals surface area contributed by atoms with Gasteiger partial charge in [-0.25, -0.2) is 9.80 Å². The summed E-state index contributed by atoms with van der Waals surface area (Å²) in [4.78, 5) is 10.7. The molecular formula is C17H20N2O3. The SMILES string of the molecule is COc1ccc2cccc(C3CCN(NC(=O)O)CC3)c2c1. The summed E-state index contributed by atoms with van der Waals surface area (Å²) >= 11 is 0. The van der Waals surface area contributed by atoms with E-state index in [0.717, 1.165) is 31.7 Å². The molecule has 116 valence electrons. The molecule has 5 heteroatoms. The quantitative estimate of drug-likeness (QED) is 0.913. The zero-order chi connectivity index (χ0) is 15.5. The second-order valence-corrected chi connectivity index (χ2v) is 5.61. The van der Waals surface area contributed by atoms with Crippen molar-refractivity contribution in [1.29, 1.82) is 0 Å². The molecule has 0 saturated carbocycles. The molecule has 0 atom stereocenters. The van der Waals surface area contributed by atoms with Crippen LogP contribution in [0.4, 0.5) is 4.79 Å². The van der Waals surface area contributed by atoms with Crippen molar-refractivity contribution in [2.24, 2.45) is 0 Å². The van der Waals surface area contributed by atoms with Crippen molar-refractivity contribution in [3.05, 3.63) is 42.0 Å². The molecule has 1 fully saturated rings. The maximum Gasteiger partial charge on any atom is 0.419 e. The lowest BCUT2D eigenvalue weighted by atomic mass is 9.86. The number of carboxylic acid groups (broad SMARTS) is 1. The molecule has 0 bridgehead atoms. The van der Waals surface area contributed by atoms with Crippen LogP contribution in [-0.4, -0.2) is 36.4 Å². The van der Waals surface area contributed by atoms with E-state index in [0.29, 0.717) is 5.92 Å². The van der Waals surface area contributed by atoms with Crippen LogP contribution in [0, 0.1) is 0 Å². The Labute approximate surface area is 129 Å². The Kier molecular flexibility index (Phi) is 4.15. The minimum absolute atomic E-state index is 0.447. The monoisotopic (exact) mass is 300 g/mol. The topological polar surface area (TPSA) is 61.8 Å². The fraction of sp³-hybridized carbons (Fsp3) is 0.353. The first-order valence-corrected chi connectivity index (χ1v) is 7.48. The number of hydrogen-bond donors (Lipinski definition) is 2. The second kappa shape index (κ2) is 6.23. The predicted molar refractivity (Wildman–Crippen MR) is 85.2 cm³/mol. The smallest absolute Gasteiger partial charge is 0.419 e. The number of ether oxygens (including phenoxy) is 1. The fourth-order valence-corrected chi connectivity index (χ4v) is 3.20. The highest BCUT2D eigenvalue weighted by Crippen LogP contribution is 2.34. The standard InChI is InChI=1S/C17H20N2O3/c1-22-14-6-5-12-3-2-4-15(16(12)11-14)13-7-9-19(10-8-13)18-17(20)21/h2-6,11,13,18H,7-10H2,1H3,(H,20,21). The summed E-state index contributed by atoms with van der Waals surface area (Å²) < 4.78 is 5.34. The third-order valence-electron chi connectivity index (χ3n) is 4.31. The number of nitrogens with zero attached hydrogens (tertiary/aromatic N) is 1. The lowest BCUT2D eigenvalue weighted by Crippen LogP contribution is -2.45. The summed E-state index contributed by atoms with van der Waals surface area (Å²) in [5, 5.41) is 13.0. The maximum atomic E-state index is 10.7. The van der Waals surface area contributed by atoms with Gasteiger partial charge in [0.1, 0.15) is 5.75 Å². The van der Waals surface area contributed by atoms with Gasteiger partial charge in [-0.3, -0.25) is 5.43 Å². The molecule has 1 amide bonds. The molecule has 1 heterocycles. The van der Waals surface area contributed by atoms with Crippen molar-refractivity contribution in [2.45, 2.75) is 18.8 Å². The highest BCUT2D eigenvalue weighted by molar-refractivity contribution is 5.87. The Morgan fingerprint density at radius 3 is 2.73 bits per heavy atom. The number of fused-ring (bicyclic) bond motifs is 1. The average molecular weight is 300 g/mol. The lowest BCUT2D eigenvalue weighted by Gasteiger charge is -2.31. The van der Waals surface area contributed by atoms with Crippen LogP contribution >= 0.6 is 0 Å². The number of nitrogens with one attached hydrogen (secondary N) is 1. The molecule has 5 nitrogen and oxygen atoms in total. The van der Waals surface area contributed by atoms with Crippen LogP contribution < -0.4 is 10.2 Å². The minimum Gasteiger partial charge on any atom is -0.497 e. The molecule has 1 aliphatic rings. The van der Waals surface area contributed by atoms with Gasteiger partial charge in [0.2, 0.25) is 0 Å². The van der Waals surface area contributed by atoms with Crippen molar-refractivity contribution < 1.29 is 14.6 Å². The summed E-state index contributed by atoms with van der Waals surface area (Å²) in [7, 11) is 1.68. The van der Waals surface area contributed by atoms with Gasteiger partial charge in [-0.1, -0.05) is 24.3 Å². The molecule has 2 aromatic rings. The van der Waals surface area contributed by atoms with Gasteiger partial charge in [-0.2, -0.15) is 0 Å². The van der Waals surface area contributed by atoms with E-state index in [2.05, 4.69) is 35.8 Å². The summed E-state index contributed by atoms with van der Waals surface area (Å²) in [5.41, 5.74) is 3.76. The van der Waals surface area contributed by atoms with Crippen LogP contribution in [-0.2, 0) is 0 Å². The predicted octanol–water partition coefficient (Wildman–Crippen LogP) is 3.21. The summed E-state index contributed by atoms with van der Waals surface area (Å²) in [6.45, 7) is 1.47. The van der Waals surface area contributed by atoms with E-state index < -0.39 is 6.09 Å². The number of rotatable bonds is 3. The largest absolute Gasteiger partial charge is 0.497 e. The Balaban J connectivity index is 1.83. The average Bonchev–Trinajstić information content (AvgIpc) is 2.54. The lowest BCUT2D eigenvalue weighted by molar-refractivity contribution is 0.119. The van der Waals surface area contributed by atoms with E-state index in [-0.39, 0.29) is 0 Å². The number of piperidine rings is 1. The maximum absolute atomic E-state index is 10.7. The van der Waals surface area contributed by atoms with Crippen molar-refractivity contribution in [2.75, 3.05) is 20.2 Å². The first-order valence-electron chi connectivity index (χ1n) is 7.48. The zero-order valence-corrected chi connectivity index (χ0v) is 12.6. The van der Waals surface area contributed by atoms with Crippen molar-refractivity contribution in [3.8, 4) is 5.75 Å². The summed E-state index contributed by atoms with van der Waals surface area (Å²) in [6.07, 6.45) is 0.890. The Hall–Kier alpha value is -2.27. The number of carbonyl (C=O) groups is 1. The van der Waals surface area contributed by atoms with Crippen LogP contribution in [0.25, 0.3) is 10.8 Å². The van der Waals surface area contributed by atoms with Gasteiger partial charge in [-0.15, -0.1) is 0 Å². The highest BCUT2D eigenvalue weighted by atomic mass is 16.5. The van der Waals surface area contributed by atoms with Crippen molar-refractivity contribution in [1.82, 2.24) is 10.4 Å². The molecule has 0 aliphatic carbocycles. The number of amides is 1. The van der Waals surface area contributed by atoms with Crippen molar-refractivity contribution in [3.63, 3.8) is 0 Å². The van der Waals surface area contributed by atoms with E-state index in [4.69, 9.17) is 9.84 Å². The molecule has 0 radical (unpaired) electrons. The minimum atomic E-state index is -0.992. The molecule has 0 aromatic heterocycles. The van der Waals surface area contributed by atoms with Gasteiger partial charge in [0.25, 0.3) is 0 Å². The molecule has 2 aromatic carbocycles. The van der Waals surface area contributed by atoms with Crippen LogP contribution in [0.5, 0.6) is 5.75 Å². The molecule has 0 spiro atoms. The van der Waals surface area contributed by atoms with Crippen molar-refractivity contribution >= 4 is 16.9 Å². The third-order valence-corrected chi connectivity index (χ3v) is 4.31. The highest BCUT2D eigenvalue weighted by Gasteiger charge is 2.22. The number of hydrogen-bond acceptors (Lipinski definition) is 3. The van der Waals surface area contributed by atoms with Gasteiger partial charge in [0, 0.05) is 13.1 Å². The van der Waals surface area contributed by atoms with Gasteiger partial charge in [0.05, 0.1) is 7.11 Å². The molecule has 2 N–H and O–H groups in total. The molecule has 0 unspecified atom stereocenters. The van der Waals surface area contributed by atoms with Gasteiger partial charge < -0.3 is 9.84 Å². The molecule has 1 saturated heterocycles. The normalized spacial score (nSPS) is 16.6. The van der Waals surface area contributed by atoms with Crippen LogP contribution in [0.3, 0.4) is 0 Å². The number of methoxy groups -OCH3 is 1. The van der Waals surface area contributed by atoms with Crippen LogP contribution in [0.1, 0.15) is 24.3 Å². The Morgan fingerprint density at radius 1 is 1.27 bits per heavy atom. The van der Waals surface area contributed by atoms with Crippen LogP contribution in [0.15, 0.2) is 36.4 Å². The van der Waals surface area contributed by atoms with E-state index >= 15 is 0 Å². The van der Waals surface area contributed by atoms with E-state index in [1.54, 1.807) is 12.1 Å². The molecule has 1 aliphatic heterocycles. The Morgan fingerprint density at radius 2 is 2.05 bits per heavy atom. The molecular weight excluding hydrogens is 280 g/mol. The van der Waals surface area contributed by atoms with E-state index in [1.165, 1.54) is 16.3 Å². The number of hydrazine groups is 1. The van der Waals surface area contributed by atoms with Gasteiger partial charge in [-0.05, 0) is 47.2 Å². The van der Waals surface area contributed by atoms with Crippen LogP contribution in [0.2, 0.25) is 0 Å². The van der Waals surface area contributed by atoms with Gasteiger partial charge in [0.15, 0.2) is 0 Å². The second-order valence-electron chi connectivity index (χ2n) is 5.61. The number of benzene rings is 2. The summed E-state index contributed by atoms with van der Waals surface area (Å²) in [5.74, 6) is 1.31. The molecule has 3 rings (SSSR count). The third kappa shape index (κ3) is 2.99. The zero-order valence-electron chi connectivity index (χ0n) is 12.6. The first kappa shape index (κ1) is 14.7. The first-order chi connectivity index (χ1) is 10.7. The van der Waals surface area contributed by atoms with E-state index in [1.807, 2.05) is 6.07 Å². The molecule has 22 heavy (non-hydrogen) atoms.